The Kier molecular flexibility index (Phi) is 4.84. The molecule has 6 nitrogen and oxygen atoms in total. The topological polar surface area (TPSA) is 98.1 Å². The smallest absolute Gasteiger partial charge is 0.326 e. The molecule has 1 aromatic rings. The molecule has 0 aliphatic carbocycles. The van der Waals surface area contributed by atoms with Crippen molar-refractivity contribution in [3.05, 3.63) is 19.0 Å². The van der Waals surface area contributed by atoms with Gasteiger partial charge in [0.05, 0.1) is 8.95 Å². The molecular weight excluding hydrogens is 478 g/mol. The highest BCUT2D eigenvalue weighted by Crippen LogP contribution is 2.47. The number of hydrogen-bond donors (Lipinski definition) is 3. The van der Waals surface area contributed by atoms with Crippen LogP contribution in [0.15, 0.2) is 13.4 Å². The number of amides is 1. The third kappa shape index (κ3) is 2.91. The molecule has 1 saturated heterocycles. The van der Waals surface area contributed by atoms with Gasteiger partial charge in [-0.15, -0.1) is 0 Å². The Morgan fingerprint density at radius 1 is 1.14 bits per heavy atom. The van der Waals surface area contributed by atoms with Gasteiger partial charge in [0.2, 0.25) is 5.91 Å². The predicted molar refractivity (Wildman–Crippen MR) is 84.1 cm³/mol. The third-order valence-corrected chi connectivity index (χ3v) is 6.34. The van der Waals surface area contributed by atoms with Crippen molar-refractivity contribution in [1.82, 2.24) is 4.90 Å². The highest BCUT2D eigenvalue weighted by molar-refractivity contribution is 9.13. The van der Waals surface area contributed by atoms with Crippen molar-refractivity contribution in [3.63, 3.8) is 0 Å². The fourth-order valence-corrected chi connectivity index (χ4v) is 3.90. The monoisotopic (exact) mass is 485 g/mol. The average Bonchev–Trinajstić information content (AvgIpc) is 2.80. The highest BCUT2D eigenvalue weighted by Gasteiger charge is 2.37. The molecule has 0 saturated carbocycles. The number of aliphatic carboxylic acids is 1. The van der Waals surface area contributed by atoms with E-state index in [0.717, 1.165) is 0 Å². The van der Waals surface area contributed by atoms with E-state index in [4.69, 9.17) is 5.11 Å². The van der Waals surface area contributed by atoms with E-state index in [-0.39, 0.29) is 45.7 Å². The van der Waals surface area contributed by atoms with Gasteiger partial charge < -0.3 is 20.2 Å². The summed E-state index contributed by atoms with van der Waals surface area (Å²) >= 11 is 9.55. The Morgan fingerprint density at radius 3 is 2.29 bits per heavy atom. The van der Waals surface area contributed by atoms with Crippen LogP contribution in [0.1, 0.15) is 18.4 Å². The lowest BCUT2D eigenvalue weighted by Crippen LogP contribution is -2.38. The van der Waals surface area contributed by atoms with E-state index in [9.17, 15) is 19.8 Å². The van der Waals surface area contributed by atoms with Crippen LogP contribution in [0.4, 0.5) is 0 Å². The second kappa shape index (κ2) is 6.13. The number of rotatable bonds is 3. The second-order valence-electron chi connectivity index (χ2n) is 4.53. The molecule has 1 aromatic carbocycles. The zero-order valence-corrected chi connectivity index (χ0v) is 15.2. The zero-order chi connectivity index (χ0) is 15.9. The van der Waals surface area contributed by atoms with E-state index in [0.29, 0.717) is 10.0 Å². The first kappa shape index (κ1) is 16.6. The van der Waals surface area contributed by atoms with E-state index in [2.05, 4.69) is 47.8 Å². The van der Waals surface area contributed by atoms with Gasteiger partial charge in [0, 0.05) is 23.0 Å². The number of carbonyl (C=O) groups is 2. The van der Waals surface area contributed by atoms with Crippen molar-refractivity contribution in [2.45, 2.75) is 25.4 Å². The number of nitrogens with zero attached hydrogens (tertiary/aromatic N) is 1. The zero-order valence-electron chi connectivity index (χ0n) is 10.4. The van der Waals surface area contributed by atoms with Gasteiger partial charge in [0.25, 0.3) is 0 Å². The van der Waals surface area contributed by atoms with Gasteiger partial charge in [-0.3, -0.25) is 4.79 Å². The average molecular weight is 488 g/mol. The Hall–Kier alpha value is -0.800. The van der Waals surface area contributed by atoms with Crippen LogP contribution < -0.4 is 0 Å². The molecule has 1 atom stereocenters. The molecule has 1 aliphatic heterocycles. The molecule has 9 heteroatoms. The molecule has 21 heavy (non-hydrogen) atoms. The minimum absolute atomic E-state index is 0.00338. The number of aromatic hydroxyl groups is 2. The van der Waals surface area contributed by atoms with Crippen molar-refractivity contribution >= 4 is 59.7 Å². The van der Waals surface area contributed by atoms with Gasteiger partial charge in [-0.1, -0.05) is 0 Å². The lowest BCUT2D eigenvalue weighted by atomic mass is 10.1. The first-order chi connectivity index (χ1) is 9.75. The maximum absolute atomic E-state index is 11.9. The number of phenols is 2. The van der Waals surface area contributed by atoms with Gasteiger partial charge in [-0.25, -0.2) is 4.79 Å². The standard InChI is InChI=1S/C12H10Br3NO5/c13-7-4(8(14)10(18)11(19)9(7)15)3-16-5(12(20)21)1-2-6(16)17/h5,18-19H,1-3H2,(H,20,21)/t5-/m1/s1. The summed E-state index contributed by atoms with van der Waals surface area (Å²) in [6, 6.07) is -0.883. The quantitative estimate of drug-likeness (QED) is 0.450. The number of carboxylic acids is 1. The first-order valence-corrected chi connectivity index (χ1v) is 8.23. The van der Waals surface area contributed by atoms with Crippen molar-refractivity contribution in [2.75, 3.05) is 0 Å². The summed E-state index contributed by atoms with van der Waals surface area (Å²) in [6.45, 7) is 0.00338. The number of likely N-dealkylation sites (tertiary alicyclic amines) is 1. The molecule has 0 aromatic heterocycles. The van der Waals surface area contributed by atoms with E-state index < -0.39 is 12.0 Å². The van der Waals surface area contributed by atoms with Crippen LogP contribution >= 0.6 is 47.8 Å². The maximum atomic E-state index is 11.9. The summed E-state index contributed by atoms with van der Waals surface area (Å²) in [5.74, 6) is -2.04. The number of carbonyl (C=O) groups excluding carboxylic acids is 1. The number of phenolic OH excluding ortho intramolecular Hbond substituents is 2. The molecule has 0 bridgehead atoms. The Balaban J connectivity index is 2.44. The lowest BCUT2D eigenvalue weighted by Gasteiger charge is -2.23. The molecular formula is C12H10Br3NO5. The van der Waals surface area contributed by atoms with Crippen LogP contribution in [0, 0.1) is 0 Å². The SMILES string of the molecule is O=C(O)[C@H]1CCC(=O)N1Cc1c(Br)c(O)c(O)c(Br)c1Br. The predicted octanol–water partition coefficient (Wildman–Crippen LogP) is 2.96. The molecule has 0 spiro atoms. The van der Waals surface area contributed by atoms with E-state index in [1.165, 1.54) is 4.90 Å². The molecule has 0 radical (unpaired) electrons. The minimum Gasteiger partial charge on any atom is -0.503 e. The Labute approximate surface area is 145 Å². The molecule has 0 unspecified atom stereocenters. The van der Waals surface area contributed by atoms with E-state index >= 15 is 0 Å². The number of halogens is 3. The normalized spacial score (nSPS) is 18.3. The van der Waals surface area contributed by atoms with Crippen LogP contribution in [-0.2, 0) is 16.1 Å². The van der Waals surface area contributed by atoms with Gasteiger partial charge >= 0.3 is 5.97 Å². The molecule has 1 heterocycles. The molecule has 1 aliphatic rings. The molecule has 1 amide bonds. The number of benzene rings is 1. The van der Waals surface area contributed by atoms with Crippen LogP contribution in [0.25, 0.3) is 0 Å². The summed E-state index contributed by atoms with van der Waals surface area (Å²) < 4.78 is 0.879. The summed E-state index contributed by atoms with van der Waals surface area (Å²) in [4.78, 5) is 24.3. The number of hydrogen-bond acceptors (Lipinski definition) is 4. The highest BCUT2D eigenvalue weighted by atomic mass is 79.9. The van der Waals surface area contributed by atoms with Crippen molar-refractivity contribution < 1.29 is 24.9 Å². The van der Waals surface area contributed by atoms with Crippen LogP contribution in [-0.4, -0.2) is 38.1 Å². The third-order valence-electron chi connectivity index (χ3n) is 3.30. The molecule has 2 rings (SSSR count). The Morgan fingerprint density at radius 2 is 1.71 bits per heavy atom. The molecule has 114 valence electrons. The van der Waals surface area contributed by atoms with Crippen molar-refractivity contribution in [1.29, 1.82) is 0 Å². The first-order valence-electron chi connectivity index (χ1n) is 5.85. The Bertz CT molecular complexity index is 605. The summed E-state index contributed by atoms with van der Waals surface area (Å²) in [5, 5.41) is 28.7. The van der Waals surface area contributed by atoms with Crippen molar-refractivity contribution in [2.24, 2.45) is 0 Å². The summed E-state index contributed by atoms with van der Waals surface area (Å²) in [6.07, 6.45) is 0.437. The van der Waals surface area contributed by atoms with Gasteiger partial charge in [0.1, 0.15) is 6.04 Å². The van der Waals surface area contributed by atoms with Gasteiger partial charge in [0.15, 0.2) is 11.5 Å². The molecule has 3 N–H and O–H groups in total. The van der Waals surface area contributed by atoms with Crippen molar-refractivity contribution in [3.8, 4) is 11.5 Å². The van der Waals surface area contributed by atoms with Crippen LogP contribution in [0.2, 0.25) is 0 Å². The minimum atomic E-state index is -1.06. The van der Waals surface area contributed by atoms with Gasteiger partial charge in [-0.05, 0) is 54.2 Å². The second-order valence-corrected chi connectivity index (χ2v) is 6.91. The fourth-order valence-electron chi connectivity index (χ4n) is 2.18. The maximum Gasteiger partial charge on any atom is 0.326 e. The van der Waals surface area contributed by atoms with Crippen LogP contribution in [0.5, 0.6) is 11.5 Å². The number of carboxylic acid groups (broad SMARTS) is 1. The summed E-state index contributed by atoms with van der Waals surface area (Å²) in [7, 11) is 0. The summed E-state index contributed by atoms with van der Waals surface area (Å²) in [5.41, 5.74) is 0.471. The molecule has 1 fully saturated rings. The lowest BCUT2D eigenvalue weighted by molar-refractivity contribution is -0.146. The van der Waals surface area contributed by atoms with Gasteiger partial charge in [-0.2, -0.15) is 0 Å². The van der Waals surface area contributed by atoms with Crippen LogP contribution in [0.3, 0.4) is 0 Å². The fraction of sp³-hybridized carbons (Fsp3) is 0.333. The van der Waals surface area contributed by atoms with E-state index in [1.807, 2.05) is 0 Å². The van der Waals surface area contributed by atoms with E-state index in [1.54, 1.807) is 0 Å². The largest absolute Gasteiger partial charge is 0.503 e.